The second-order valence-corrected chi connectivity index (χ2v) is 8.85. The molecule has 0 spiro atoms. The van der Waals surface area contributed by atoms with E-state index in [1.54, 1.807) is 0 Å². The molecule has 4 rings (SSSR count). The van der Waals surface area contributed by atoms with Gasteiger partial charge in [0.15, 0.2) is 5.71 Å². The van der Waals surface area contributed by atoms with Crippen LogP contribution in [0.15, 0.2) is 71.8 Å². The number of ether oxygens (including phenoxy) is 1. The number of rotatable bonds is 8. The van der Waals surface area contributed by atoms with E-state index >= 15 is 0 Å². The van der Waals surface area contributed by atoms with E-state index in [9.17, 15) is 4.79 Å². The first kappa shape index (κ1) is 24.7. The third kappa shape index (κ3) is 4.75. The number of esters is 1. The molecule has 0 unspecified atom stereocenters. The summed E-state index contributed by atoms with van der Waals surface area (Å²) in [6, 6.07) is 14.6. The van der Waals surface area contributed by atoms with E-state index in [0.29, 0.717) is 12.2 Å². The molecule has 0 aromatic heterocycles. The van der Waals surface area contributed by atoms with Crippen molar-refractivity contribution in [1.82, 2.24) is 0 Å². The average molecular weight is 470 g/mol. The summed E-state index contributed by atoms with van der Waals surface area (Å²) < 4.78 is 7.81. The quantitative estimate of drug-likeness (QED) is 0.348. The van der Waals surface area contributed by atoms with Gasteiger partial charge in [0.2, 0.25) is 0 Å². The predicted octanol–water partition coefficient (Wildman–Crippen LogP) is 6.06. The van der Waals surface area contributed by atoms with E-state index < -0.39 is 0 Å². The number of hydrogen-bond donors (Lipinski definition) is 0. The molecule has 2 aliphatic carbocycles. The molecule has 0 aliphatic heterocycles. The maximum atomic E-state index is 12.9. The molecule has 0 N–H and O–H groups in total. The van der Waals surface area contributed by atoms with Crippen LogP contribution in [0.1, 0.15) is 61.7 Å². The van der Waals surface area contributed by atoms with Crippen LogP contribution in [0.3, 0.4) is 0 Å². The molecule has 0 saturated carbocycles. The Hall–Kier alpha value is -3.40. The maximum Gasteiger partial charge on any atom is 0.338 e. The smallest absolute Gasteiger partial charge is 0.338 e. The highest BCUT2D eigenvalue weighted by molar-refractivity contribution is 6.07. The fraction of sp³-hybridized carbons (Fsp3) is 0.355. The molecule has 0 saturated heterocycles. The van der Waals surface area contributed by atoms with E-state index in [4.69, 9.17) is 4.74 Å². The molecule has 0 fully saturated rings. The van der Waals surface area contributed by atoms with Gasteiger partial charge in [-0.2, -0.15) is 0 Å². The minimum atomic E-state index is -0.274. The van der Waals surface area contributed by atoms with Crippen molar-refractivity contribution >= 4 is 22.9 Å². The van der Waals surface area contributed by atoms with Crippen molar-refractivity contribution < 1.29 is 14.1 Å². The van der Waals surface area contributed by atoms with Gasteiger partial charge in [-0.3, -0.25) is 0 Å². The van der Waals surface area contributed by atoms with Crippen LogP contribution in [-0.4, -0.2) is 49.0 Å². The van der Waals surface area contributed by atoms with Crippen LogP contribution in [0, 0.1) is 0 Å². The van der Waals surface area contributed by atoms with Crippen LogP contribution >= 0.6 is 0 Å². The largest absolute Gasteiger partial charge is 0.462 e. The van der Waals surface area contributed by atoms with Gasteiger partial charge in [0.25, 0.3) is 0 Å². The summed E-state index contributed by atoms with van der Waals surface area (Å²) in [7, 11) is 0. The van der Waals surface area contributed by atoms with Crippen molar-refractivity contribution in [2.24, 2.45) is 0 Å². The summed E-state index contributed by atoms with van der Waals surface area (Å²) in [5.41, 5.74) is 10.1. The lowest BCUT2D eigenvalue weighted by molar-refractivity contribution is -0.519. The van der Waals surface area contributed by atoms with Gasteiger partial charge in [0.1, 0.15) is 13.1 Å². The fourth-order valence-corrected chi connectivity index (χ4v) is 5.24. The first-order chi connectivity index (χ1) is 17.1. The molecule has 182 valence electrons. The Morgan fingerprint density at radius 2 is 1.69 bits per heavy atom. The van der Waals surface area contributed by atoms with Gasteiger partial charge in [-0.25, -0.2) is 9.37 Å². The van der Waals surface area contributed by atoms with Gasteiger partial charge < -0.3 is 9.64 Å². The van der Waals surface area contributed by atoms with Gasteiger partial charge in [0, 0.05) is 30.9 Å². The molecule has 4 heteroatoms. The minimum Gasteiger partial charge on any atom is -0.462 e. The highest BCUT2D eigenvalue weighted by Gasteiger charge is 2.29. The van der Waals surface area contributed by atoms with E-state index in [-0.39, 0.29) is 5.97 Å². The Labute approximate surface area is 209 Å². The number of benzene rings is 2. The van der Waals surface area contributed by atoms with E-state index in [2.05, 4.69) is 79.7 Å². The van der Waals surface area contributed by atoms with Crippen molar-refractivity contribution in [2.75, 3.05) is 37.7 Å². The monoisotopic (exact) mass is 469 g/mol. The Kier molecular flexibility index (Phi) is 7.70. The van der Waals surface area contributed by atoms with Gasteiger partial charge in [-0.1, -0.05) is 24.3 Å². The molecule has 2 aliphatic rings. The van der Waals surface area contributed by atoms with Crippen LogP contribution < -0.4 is 4.90 Å². The predicted molar refractivity (Wildman–Crippen MR) is 146 cm³/mol. The van der Waals surface area contributed by atoms with E-state index in [1.807, 2.05) is 25.1 Å². The second-order valence-electron chi connectivity index (χ2n) is 8.85. The summed E-state index contributed by atoms with van der Waals surface area (Å²) in [6.45, 7) is 14.9. The van der Waals surface area contributed by atoms with Gasteiger partial charge in [-0.05, 0) is 98.7 Å². The summed E-state index contributed by atoms with van der Waals surface area (Å²) >= 11 is 0. The number of anilines is 1. The van der Waals surface area contributed by atoms with E-state index in [0.717, 1.165) is 43.7 Å². The topological polar surface area (TPSA) is 32.6 Å². The number of carbonyl (C=O) groups excluding carboxylic acids is 1. The molecule has 0 heterocycles. The zero-order chi connectivity index (χ0) is 24.9. The van der Waals surface area contributed by atoms with Crippen LogP contribution in [0.4, 0.5) is 5.69 Å². The molecule has 2 aromatic carbocycles. The lowest BCUT2D eigenvalue weighted by Crippen LogP contribution is -2.23. The van der Waals surface area contributed by atoms with Gasteiger partial charge in [-0.15, -0.1) is 0 Å². The Balaban J connectivity index is 1.97. The maximum absolute atomic E-state index is 12.9. The van der Waals surface area contributed by atoms with Crippen molar-refractivity contribution in [3.8, 4) is 0 Å². The highest BCUT2D eigenvalue weighted by atomic mass is 16.5. The molecule has 4 nitrogen and oxygen atoms in total. The molecular weight excluding hydrogens is 432 g/mol. The number of allylic oxidation sites excluding steroid dienone is 5. The third-order valence-electron chi connectivity index (χ3n) is 7.05. The number of carbonyl (C=O) groups is 1. The standard InChI is InChI=1S/C31H37N2O2/c1-6-32(7-2)24-15-17-26-22(20-24)19-23-21-25(33(8-3)9-4)16-18-27(23)30(26)28-13-11-12-14-29(28)31(34)35-10-5/h11-18,20-21H,6-10,19H2,1-5H3/q+1. The van der Waals surface area contributed by atoms with E-state index in [1.165, 1.54) is 33.7 Å². The molecular formula is C31H37N2O2+. The molecule has 0 atom stereocenters. The molecule has 0 amide bonds. The summed E-state index contributed by atoms with van der Waals surface area (Å²) in [4.78, 5) is 15.3. The van der Waals surface area contributed by atoms with Crippen LogP contribution in [0.25, 0.3) is 5.57 Å². The molecule has 2 aromatic rings. The van der Waals surface area contributed by atoms with Crippen LogP contribution in [0.5, 0.6) is 0 Å². The Morgan fingerprint density at radius 3 is 2.37 bits per heavy atom. The lowest BCUT2D eigenvalue weighted by atomic mass is 9.76. The first-order valence-electron chi connectivity index (χ1n) is 13.0. The second kappa shape index (κ2) is 10.9. The average Bonchev–Trinajstić information content (AvgIpc) is 2.88. The summed E-state index contributed by atoms with van der Waals surface area (Å²) in [6.07, 6.45) is 7.66. The van der Waals surface area contributed by atoms with Crippen molar-refractivity contribution in [3.05, 3.63) is 94.1 Å². The number of fused-ring (bicyclic) bond motifs is 2. The Morgan fingerprint density at radius 1 is 0.943 bits per heavy atom. The lowest BCUT2D eigenvalue weighted by Gasteiger charge is -2.29. The van der Waals surface area contributed by atoms with Crippen molar-refractivity contribution in [3.63, 3.8) is 0 Å². The SMILES string of the molecule is CCOC(=O)c1ccccc1C1=C2C=CC(=[N+](CC)CC)C=C2Cc2cc(N(CC)CC)ccc21. The summed E-state index contributed by atoms with van der Waals surface area (Å²) in [5, 5.41) is 0. The zero-order valence-electron chi connectivity index (χ0n) is 21.7. The van der Waals surface area contributed by atoms with Crippen LogP contribution in [-0.2, 0) is 11.2 Å². The molecule has 0 bridgehead atoms. The third-order valence-corrected chi connectivity index (χ3v) is 7.05. The molecule has 35 heavy (non-hydrogen) atoms. The molecule has 0 radical (unpaired) electrons. The highest BCUT2D eigenvalue weighted by Crippen LogP contribution is 2.42. The normalized spacial score (nSPS) is 14.3. The van der Waals surface area contributed by atoms with Crippen LogP contribution in [0.2, 0.25) is 0 Å². The van der Waals surface area contributed by atoms with Crippen molar-refractivity contribution in [2.45, 2.75) is 41.0 Å². The van der Waals surface area contributed by atoms with Crippen molar-refractivity contribution in [1.29, 1.82) is 0 Å². The first-order valence-corrected chi connectivity index (χ1v) is 13.0. The van der Waals surface area contributed by atoms with Gasteiger partial charge in [0.05, 0.1) is 12.2 Å². The minimum absolute atomic E-state index is 0.274. The van der Waals surface area contributed by atoms with Gasteiger partial charge >= 0.3 is 5.97 Å². The fourth-order valence-electron chi connectivity index (χ4n) is 5.24. The zero-order valence-corrected chi connectivity index (χ0v) is 21.7. The number of hydrogen-bond acceptors (Lipinski definition) is 3. The Bertz CT molecular complexity index is 1240. The summed E-state index contributed by atoms with van der Waals surface area (Å²) in [5.74, 6) is -0.274. The number of nitrogens with zero attached hydrogens (tertiary/aromatic N) is 2.